The zero-order chi connectivity index (χ0) is 11.0. The number of benzene rings is 2. The average molecular weight is 208 g/mol. The van der Waals surface area contributed by atoms with Crippen molar-refractivity contribution in [2.45, 2.75) is 13.5 Å². The maximum absolute atomic E-state index is 5.89. The van der Waals surface area contributed by atoms with Crippen LogP contribution in [0.25, 0.3) is 0 Å². The summed E-state index contributed by atoms with van der Waals surface area (Å²) in [4.78, 5) is 0. The van der Waals surface area contributed by atoms with Gasteiger partial charge in [0.1, 0.15) is 0 Å². The Morgan fingerprint density at radius 1 is 0.938 bits per heavy atom. The molecule has 2 aromatic rings. The largest absolute Gasteiger partial charge is 0.423 e. The minimum Gasteiger partial charge on any atom is -0.423 e. The lowest BCUT2D eigenvalue weighted by molar-refractivity contribution is 0.337. The highest BCUT2D eigenvalue weighted by molar-refractivity contribution is 6.81. The van der Waals surface area contributed by atoms with Crippen LogP contribution in [0.1, 0.15) is 11.1 Å². The van der Waals surface area contributed by atoms with E-state index in [1.54, 1.807) is 0 Å². The van der Waals surface area contributed by atoms with E-state index in [1.165, 1.54) is 22.1 Å². The molecule has 1 aliphatic heterocycles. The summed E-state index contributed by atoms with van der Waals surface area (Å²) < 4.78 is 5.89. The summed E-state index contributed by atoms with van der Waals surface area (Å²) in [5.74, 6) is 0. The topological polar surface area (TPSA) is 9.23 Å². The minimum absolute atomic E-state index is 0.123. The molecular weight excluding hydrogens is 195 g/mol. The quantitative estimate of drug-likeness (QED) is 0.647. The van der Waals surface area contributed by atoms with Gasteiger partial charge in [-0.3, -0.25) is 0 Å². The number of hydrogen-bond donors (Lipinski definition) is 0. The van der Waals surface area contributed by atoms with Crippen molar-refractivity contribution < 1.29 is 4.65 Å². The molecule has 0 amide bonds. The third kappa shape index (κ3) is 1.46. The van der Waals surface area contributed by atoms with Crippen molar-refractivity contribution in [1.29, 1.82) is 0 Å². The fourth-order valence-corrected chi connectivity index (χ4v) is 2.32. The van der Waals surface area contributed by atoms with Gasteiger partial charge >= 0.3 is 6.92 Å². The van der Waals surface area contributed by atoms with Gasteiger partial charge in [0.15, 0.2) is 0 Å². The Morgan fingerprint density at radius 2 is 1.62 bits per heavy atom. The van der Waals surface area contributed by atoms with E-state index in [1.807, 2.05) is 0 Å². The van der Waals surface area contributed by atoms with Gasteiger partial charge in [-0.05, 0) is 23.4 Å². The number of hydrogen-bond acceptors (Lipinski definition) is 1. The summed E-state index contributed by atoms with van der Waals surface area (Å²) >= 11 is 0. The molecule has 3 rings (SSSR count). The Morgan fingerprint density at radius 3 is 2.44 bits per heavy atom. The van der Waals surface area contributed by atoms with Crippen molar-refractivity contribution in [2.75, 3.05) is 0 Å². The normalized spacial score (nSPS) is 13.9. The van der Waals surface area contributed by atoms with E-state index in [2.05, 4.69) is 55.5 Å². The van der Waals surface area contributed by atoms with Crippen LogP contribution in [-0.4, -0.2) is 6.92 Å². The summed E-state index contributed by atoms with van der Waals surface area (Å²) in [6, 6.07) is 16.9. The highest BCUT2D eigenvalue weighted by Crippen LogP contribution is 2.11. The molecule has 0 fully saturated rings. The SMILES string of the molecule is Cc1ccccc1B1OCc2ccccc21. The molecule has 0 N–H and O–H groups in total. The van der Waals surface area contributed by atoms with Crippen molar-refractivity contribution in [1.82, 2.24) is 0 Å². The van der Waals surface area contributed by atoms with E-state index in [0.717, 1.165) is 6.61 Å². The molecule has 1 nitrogen and oxygen atoms in total. The maximum Gasteiger partial charge on any atom is 0.362 e. The first kappa shape index (κ1) is 9.67. The zero-order valence-corrected chi connectivity index (χ0v) is 9.31. The van der Waals surface area contributed by atoms with Gasteiger partial charge < -0.3 is 4.65 Å². The highest BCUT2D eigenvalue weighted by atomic mass is 16.4. The van der Waals surface area contributed by atoms with Crippen LogP contribution in [-0.2, 0) is 11.3 Å². The highest BCUT2D eigenvalue weighted by Gasteiger charge is 2.30. The van der Waals surface area contributed by atoms with Gasteiger partial charge in [-0.2, -0.15) is 0 Å². The van der Waals surface area contributed by atoms with Crippen LogP contribution in [0.5, 0.6) is 0 Å². The Hall–Kier alpha value is -1.54. The molecule has 0 saturated carbocycles. The predicted molar refractivity (Wildman–Crippen MR) is 67.4 cm³/mol. The Labute approximate surface area is 96.2 Å². The minimum atomic E-state index is 0.123. The van der Waals surface area contributed by atoms with Crippen LogP contribution in [0.3, 0.4) is 0 Å². The van der Waals surface area contributed by atoms with E-state index in [-0.39, 0.29) is 6.92 Å². The van der Waals surface area contributed by atoms with Crippen molar-refractivity contribution in [3.05, 3.63) is 59.7 Å². The average Bonchev–Trinajstić information content (AvgIpc) is 2.74. The van der Waals surface area contributed by atoms with Gasteiger partial charge in [-0.25, -0.2) is 0 Å². The van der Waals surface area contributed by atoms with Crippen LogP contribution < -0.4 is 10.9 Å². The maximum atomic E-state index is 5.89. The molecule has 0 bridgehead atoms. The second kappa shape index (κ2) is 3.80. The van der Waals surface area contributed by atoms with Crippen molar-refractivity contribution >= 4 is 17.8 Å². The van der Waals surface area contributed by atoms with Crippen LogP contribution >= 0.6 is 0 Å². The molecule has 2 heteroatoms. The molecule has 0 saturated heterocycles. The molecule has 0 unspecified atom stereocenters. The van der Waals surface area contributed by atoms with Gasteiger partial charge in [0, 0.05) is 0 Å². The van der Waals surface area contributed by atoms with Crippen LogP contribution in [0.2, 0.25) is 0 Å². The van der Waals surface area contributed by atoms with Gasteiger partial charge in [0.05, 0.1) is 6.61 Å². The van der Waals surface area contributed by atoms with Gasteiger partial charge in [0.25, 0.3) is 0 Å². The number of fused-ring (bicyclic) bond motifs is 1. The summed E-state index contributed by atoms with van der Waals surface area (Å²) in [7, 11) is 0. The van der Waals surface area contributed by atoms with Crippen molar-refractivity contribution in [3.63, 3.8) is 0 Å². The van der Waals surface area contributed by atoms with E-state index in [0.29, 0.717) is 0 Å². The second-order valence-corrected chi connectivity index (χ2v) is 4.25. The Bertz CT molecular complexity index is 522. The molecule has 78 valence electrons. The summed E-state index contributed by atoms with van der Waals surface area (Å²) in [6.45, 7) is 2.99. The first-order valence-electron chi connectivity index (χ1n) is 5.61. The first-order chi connectivity index (χ1) is 7.86. The summed E-state index contributed by atoms with van der Waals surface area (Å²) in [5.41, 5.74) is 5.21. The van der Waals surface area contributed by atoms with Crippen LogP contribution in [0.4, 0.5) is 0 Å². The third-order valence-electron chi connectivity index (χ3n) is 3.21. The predicted octanol–water partition coefficient (Wildman–Crippen LogP) is 1.63. The lowest BCUT2D eigenvalue weighted by atomic mass is 9.55. The molecular formula is C14H13BO. The van der Waals surface area contributed by atoms with Gasteiger partial charge in [0.2, 0.25) is 0 Å². The molecule has 16 heavy (non-hydrogen) atoms. The molecule has 0 aliphatic carbocycles. The fourth-order valence-electron chi connectivity index (χ4n) is 2.32. The molecule has 1 heterocycles. The van der Waals surface area contributed by atoms with Crippen LogP contribution in [0.15, 0.2) is 48.5 Å². The van der Waals surface area contributed by atoms with Gasteiger partial charge in [-0.1, -0.05) is 54.1 Å². The monoisotopic (exact) mass is 208 g/mol. The first-order valence-corrected chi connectivity index (χ1v) is 5.61. The smallest absolute Gasteiger partial charge is 0.362 e. The third-order valence-corrected chi connectivity index (χ3v) is 3.21. The van der Waals surface area contributed by atoms with Crippen molar-refractivity contribution in [2.24, 2.45) is 0 Å². The van der Waals surface area contributed by atoms with E-state index in [4.69, 9.17) is 4.65 Å². The lowest BCUT2D eigenvalue weighted by Gasteiger charge is -2.10. The molecule has 0 radical (unpaired) electrons. The zero-order valence-electron chi connectivity index (χ0n) is 9.31. The second-order valence-electron chi connectivity index (χ2n) is 4.25. The molecule has 0 aromatic heterocycles. The standard InChI is InChI=1S/C14H13BO/c1-11-6-2-4-8-13(11)15-14-9-5-3-7-12(14)10-16-15/h2-9H,10H2,1H3. The van der Waals surface area contributed by atoms with Crippen LogP contribution in [0, 0.1) is 6.92 Å². The Balaban J connectivity index is 2.08. The van der Waals surface area contributed by atoms with Gasteiger partial charge in [-0.15, -0.1) is 0 Å². The van der Waals surface area contributed by atoms with E-state index in [9.17, 15) is 0 Å². The molecule has 2 aromatic carbocycles. The Kier molecular flexibility index (Phi) is 2.30. The summed E-state index contributed by atoms with van der Waals surface area (Å²) in [6.07, 6.45) is 0. The number of aryl methyl sites for hydroxylation is 1. The molecule has 0 atom stereocenters. The number of rotatable bonds is 1. The van der Waals surface area contributed by atoms with E-state index < -0.39 is 0 Å². The summed E-state index contributed by atoms with van der Waals surface area (Å²) in [5, 5.41) is 0. The van der Waals surface area contributed by atoms with E-state index >= 15 is 0 Å². The fraction of sp³-hybridized carbons (Fsp3) is 0.143. The lowest BCUT2D eigenvalue weighted by Crippen LogP contribution is -2.42. The molecule has 1 aliphatic rings. The van der Waals surface area contributed by atoms with Crippen molar-refractivity contribution in [3.8, 4) is 0 Å². The molecule has 0 spiro atoms.